The maximum atomic E-state index is 13.2. The van der Waals surface area contributed by atoms with Crippen LogP contribution in [0.5, 0.6) is 0 Å². The van der Waals surface area contributed by atoms with Crippen LogP contribution in [0, 0.1) is 11.6 Å². The highest BCUT2D eigenvalue weighted by atomic mass is 19.2. The second-order valence-electron chi connectivity index (χ2n) is 5.52. The third kappa shape index (κ3) is 3.67. The van der Waals surface area contributed by atoms with Gasteiger partial charge in [-0.2, -0.15) is 5.10 Å². The fourth-order valence-corrected chi connectivity index (χ4v) is 2.61. The molecule has 2 aromatic rings. The van der Waals surface area contributed by atoms with E-state index in [-0.39, 0.29) is 6.03 Å². The first-order chi connectivity index (χ1) is 11.1. The molecule has 0 saturated carbocycles. The monoisotopic (exact) mass is 320 g/mol. The zero-order valence-corrected chi connectivity index (χ0v) is 12.6. The van der Waals surface area contributed by atoms with Crippen molar-refractivity contribution < 1.29 is 13.6 Å². The van der Waals surface area contributed by atoms with Crippen molar-refractivity contribution in [2.24, 2.45) is 0 Å². The van der Waals surface area contributed by atoms with Crippen molar-refractivity contribution in [3.05, 3.63) is 42.1 Å². The van der Waals surface area contributed by atoms with Gasteiger partial charge in [0.2, 0.25) is 0 Å². The summed E-state index contributed by atoms with van der Waals surface area (Å²) in [5.41, 5.74) is 1.08. The quantitative estimate of drug-likeness (QED) is 0.941. The average Bonchev–Trinajstić information content (AvgIpc) is 3.21. The van der Waals surface area contributed by atoms with Crippen LogP contribution in [0.4, 0.5) is 13.6 Å². The number of nitrogens with one attached hydrogen (secondary N) is 1. The zero-order chi connectivity index (χ0) is 16.2. The van der Waals surface area contributed by atoms with Crippen LogP contribution in [0.1, 0.15) is 12.8 Å². The fraction of sp³-hybridized carbons (Fsp3) is 0.375. The van der Waals surface area contributed by atoms with E-state index >= 15 is 0 Å². The number of rotatable bonds is 4. The minimum Gasteiger partial charge on any atom is -0.336 e. The number of aromatic nitrogens is 2. The summed E-state index contributed by atoms with van der Waals surface area (Å²) in [6, 6.07) is 5.38. The first kappa shape index (κ1) is 15.5. The van der Waals surface area contributed by atoms with Crippen molar-refractivity contribution in [1.29, 1.82) is 0 Å². The van der Waals surface area contributed by atoms with Gasteiger partial charge in [0.25, 0.3) is 0 Å². The Morgan fingerprint density at radius 1 is 1.17 bits per heavy atom. The van der Waals surface area contributed by atoms with Gasteiger partial charge in [0.15, 0.2) is 11.6 Å². The summed E-state index contributed by atoms with van der Waals surface area (Å²) in [6.45, 7) is 2.61. The van der Waals surface area contributed by atoms with Gasteiger partial charge in [0.1, 0.15) is 0 Å². The van der Waals surface area contributed by atoms with E-state index < -0.39 is 11.6 Å². The standard InChI is InChI=1S/C16H18F2N4O/c17-13-4-3-12(11-14(13)18)15-5-9-22(20-15)10-6-19-16(23)21-7-1-2-8-21/h3-5,9,11H,1-2,6-8,10H2,(H,19,23). The molecule has 1 aromatic carbocycles. The van der Waals surface area contributed by atoms with E-state index in [2.05, 4.69) is 10.4 Å². The number of nitrogens with zero attached hydrogens (tertiary/aromatic N) is 3. The van der Waals surface area contributed by atoms with E-state index in [0.717, 1.165) is 38.1 Å². The Balaban J connectivity index is 1.54. The fourth-order valence-electron chi connectivity index (χ4n) is 2.61. The van der Waals surface area contributed by atoms with Crippen LogP contribution < -0.4 is 5.32 Å². The molecular weight excluding hydrogens is 302 g/mol. The van der Waals surface area contributed by atoms with E-state index in [1.165, 1.54) is 6.07 Å². The van der Waals surface area contributed by atoms with Crippen molar-refractivity contribution in [2.75, 3.05) is 19.6 Å². The molecule has 0 unspecified atom stereocenters. The molecule has 0 aliphatic carbocycles. The zero-order valence-electron chi connectivity index (χ0n) is 12.6. The summed E-state index contributed by atoms with van der Waals surface area (Å²) in [5.74, 6) is -1.77. The summed E-state index contributed by atoms with van der Waals surface area (Å²) >= 11 is 0. The van der Waals surface area contributed by atoms with Gasteiger partial charge in [-0.1, -0.05) is 0 Å². The highest BCUT2D eigenvalue weighted by Gasteiger charge is 2.16. The largest absolute Gasteiger partial charge is 0.336 e. The molecule has 1 aliphatic heterocycles. The highest BCUT2D eigenvalue weighted by Crippen LogP contribution is 2.19. The third-order valence-corrected chi connectivity index (χ3v) is 3.87. The molecule has 2 amide bonds. The van der Waals surface area contributed by atoms with Crippen LogP contribution in [0.3, 0.4) is 0 Å². The van der Waals surface area contributed by atoms with E-state index in [9.17, 15) is 13.6 Å². The molecule has 0 bridgehead atoms. The molecule has 0 spiro atoms. The molecular formula is C16H18F2N4O. The first-order valence-electron chi connectivity index (χ1n) is 7.65. The maximum absolute atomic E-state index is 13.2. The Labute approximate surface area is 132 Å². The van der Waals surface area contributed by atoms with Crippen LogP contribution in [0.2, 0.25) is 0 Å². The molecule has 1 saturated heterocycles. The SMILES string of the molecule is O=C(NCCn1ccc(-c2ccc(F)c(F)c2)n1)N1CCCC1. The molecule has 1 N–H and O–H groups in total. The summed E-state index contributed by atoms with van der Waals surface area (Å²) < 4.78 is 27.9. The lowest BCUT2D eigenvalue weighted by atomic mass is 10.1. The van der Waals surface area contributed by atoms with Crippen molar-refractivity contribution >= 4 is 6.03 Å². The van der Waals surface area contributed by atoms with Gasteiger partial charge in [-0.15, -0.1) is 0 Å². The van der Waals surface area contributed by atoms with Crippen LogP contribution in [-0.4, -0.2) is 40.3 Å². The lowest BCUT2D eigenvalue weighted by Gasteiger charge is -2.15. The average molecular weight is 320 g/mol. The third-order valence-electron chi connectivity index (χ3n) is 3.87. The summed E-state index contributed by atoms with van der Waals surface area (Å²) in [6.07, 6.45) is 3.87. The number of likely N-dealkylation sites (tertiary alicyclic amines) is 1. The van der Waals surface area contributed by atoms with E-state index in [0.29, 0.717) is 24.3 Å². The number of urea groups is 1. The topological polar surface area (TPSA) is 50.2 Å². The van der Waals surface area contributed by atoms with Crippen LogP contribution in [-0.2, 0) is 6.54 Å². The molecule has 1 fully saturated rings. The van der Waals surface area contributed by atoms with Crippen LogP contribution in [0.25, 0.3) is 11.3 Å². The van der Waals surface area contributed by atoms with E-state index in [1.54, 1.807) is 21.8 Å². The summed E-state index contributed by atoms with van der Waals surface area (Å²) in [5, 5.41) is 7.16. The second kappa shape index (κ2) is 6.76. The van der Waals surface area contributed by atoms with Gasteiger partial charge in [0.05, 0.1) is 12.2 Å². The predicted octanol–water partition coefficient (Wildman–Crippen LogP) is 2.63. The van der Waals surface area contributed by atoms with Crippen molar-refractivity contribution in [2.45, 2.75) is 19.4 Å². The molecule has 23 heavy (non-hydrogen) atoms. The van der Waals surface area contributed by atoms with Gasteiger partial charge >= 0.3 is 6.03 Å². The number of carbonyl (C=O) groups excluding carboxylic acids is 1. The van der Waals surface area contributed by atoms with Gasteiger partial charge in [-0.05, 0) is 37.1 Å². The molecule has 1 aromatic heterocycles. The van der Waals surface area contributed by atoms with Gasteiger partial charge < -0.3 is 10.2 Å². The first-order valence-corrected chi connectivity index (χ1v) is 7.65. The minimum absolute atomic E-state index is 0.0458. The number of carbonyl (C=O) groups is 1. The Morgan fingerprint density at radius 3 is 2.70 bits per heavy atom. The number of hydrogen-bond donors (Lipinski definition) is 1. The lowest BCUT2D eigenvalue weighted by molar-refractivity contribution is 0.208. The van der Waals surface area contributed by atoms with Gasteiger partial charge in [-0.25, -0.2) is 13.6 Å². The van der Waals surface area contributed by atoms with E-state index in [4.69, 9.17) is 0 Å². The van der Waals surface area contributed by atoms with Crippen LogP contribution >= 0.6 is 0 Å². The minimum atomic E-state index is -0.894. The van der Waals surface area contributed by atoms with Gasteiger partial charge in [0, 0.05) is 31.4 Å². The Kier molecular flexibility index (Phi) is 4.55. The Bertz CT molecular complexity index is 695. The number of hydrogen-bond acceptors (Lipinski definition) is 2. The summed E-state index contributed by atoms with van der Waals surface area (Å²) in [4.78, 5) is 13.6. The summed E-state index contributed by atoms with van der Waals surface area (Å²) in [7, 11) is 0. The van der Waals surface area contributed by atoms with Crippen molar-refractivity contribution in [3.8, 4) is 11.3 Å². The normalized spacial score (nSPS) is 14.3. The predicted molar refractivity (Wildman–Crippen MR) is 81.8 cm³/mol. The molecule has 0 atom stereocenters. The molecule has 7 heteroatoms. The highest BCUT2D eigenvalue weighted by molar-refractivity contribution is 5.74. The molecule has 0 radical (unpaired) electrons. The van der Waals surface area contributed by atoms with Crippen LogP contribution in [0.15, 0.2) is 30.5 Å². The lowest BCUT2D eigenvalue weighted by Crippen LogP contribution is -2.39. The number of amides is 2. The number of halogens is 2. The Morgan fingerprint density at radius 2 is 1.96 bits per heavy atom. The smallest absolute Gasteiger partial charge is 0.317 e. The molecule has 1 aliphatic rings. The molecule has 5 nitrogen and oxygen atoms in total. The molecule has 122 valence electrons. The number of benzene rings is 1. The van der Waals surface area contributed by atoms with Gasteiger partial charge in [-0.3, -0.25) is 4.68 Å². The van der Waals surface area contributed by atoms with E-state index in [1.807, 2.05) is 0 Å². The Hall–Kier alpha value is -2.44. The van der Waals surface area contributed by atoms with Crippen molar-refractivity contribution in [1.82, 2.24) is 20.0 Å². The van der Waals surface area contributed by atoms with Crippen molar-refractivity contribution in [3.63, 3.8) is 0 Å². The molecule has 3 rings (SSSR count). The second-order valence-corrected chi connectivity index (χ2v) is 5.52. The maximum Gasteiger partial charge on any atom is 0.317 e. The molecule has 2 heterocycles.